The van der Waals surface area contributed by atoms with E-state index in [9.17, 15) is 18.1 Å². The summed E-state index contributed by atoms with van der Waals surface area (Å²) in [5, 5.41) is 0. The monoisotopic (exact) mass is 264 g/mol. The van der Waals surface area contributed by atoms with Crippen LogP contribution in [-0.2, 0) is 16.3 Å². The normalized spacial score (nSPS) is 17.5. The molecule has 92 valence electrons. The maximum Gasteiger partial charge on any atom is 0.412 e. The molecule has 0 aromatic heterocycles. The third-order valence-electron chi connectivity index (χ3n) is 2.01. The van der Waals surface area contributed by atoms with E-state index in [1.165, 1.54) is 0 Å². The summed E-state index contributed by atoms with van der Waals surface area (Å²) in [5.74, 6) is 0. The Kier molecular flexibility index (Phi) is 5.25. The van der Waals surface area contributed by atoms with Crippen molar-refractivity contribution in [3.63, 3.8) is 0 Å². The summed E-state index contributed by atoms with van der Waals surface area (Å²) in [6.07, 6.45) is -3.62. The van der Waals surface area contributed by atoms with Crippen molar-refractivity contribution in [1.29, 1.82) is 0 Å². The van der Waals surface area contributed by atoms with Crippen LogP contribution in [0, 0.1) is 5.41 Å². The van der Waals surface area contributed by atoms with Crippen LogP contribution in [-0.4, -0.2) is 23.8 Å². The average Bonchev–Trinajstić information content (AvgIpc) is 1.98. The van der Waals surface area contributed by atoms with Gasteiger partial charge in [-0.15, -0.1) is 0 Å². The van der Waals surface area contributed by atoms with Gasteiger partial charge in [0.05, 0.1) is 0 Å². The van der Waals surface area contributed by atoms with Crippen LogP contribution in [0.15, 0.2) is 0 Å². The quantitative estimate of drug-likeness (QED) is 0.772. The minimum Gasteiger partial charge on any atom is -0.345 e. The molecule has 0 aromatic rings. The predicted molar refractivity (Wildman–Crippen MR) is 57.4 cm³/mol. The summed E-state index contributed by atoms with van der Waals surface area (Å²) in [7, 11) is 0. The molecule has 0 aliphatic carbocycles. The Morgan fingerprint density at radius 1 is 1.33 bits per heavy atom. The number of rotatable bonds is 5. The first kappa shape index (κ1) is 15.4. The van der Waals surface area contributed by atoms with Crippen LogP contribution in [0.3, 0.4) is 0 Å². The maximum atomic E-state index is 11.8. The van der Waals surface area contributed by atoms with E-state index in [0.717, 1.165) is 6.42 Å². The van der Waals surface area contributed by atoms with Gasteiger partial charge in [-0.05, 0) is 17.2 Å². The topological polar surface area (TPSA) is 29.5 Å². The fraction of sp³-hybridized carbons (Fsp3) is 1.00. The van der Waals surface area contributed by atoms with E-state index in [4.69, 9.17) is 0 Å². The Labute approximate surface area is 93.0 Å². The molecule has 15 heavy (non-hydrogen) atoms. The number of alkyl halides is 3. The number of hydrogen-bond acceptors (Lipinski definition) is 2. The van der Waals surface area contributed by atoms with Crippen LogP contribution < -0.4 is 0 Å². The van der Waals surface area contributed by atoms with E-state index < -0.39 is 19.3 Å². The van der Waals surface area contributed by atoms with Gasteiger partial charge < -0.3 is 9.42 Å². The number of halogens is 3. The zero-order chi connectivity index (χ0) is 12.3. The van der Waals surface area contributed by atoms with E-state index in [1.54, 1.807) is 0 Å². The molecule has 0 bridgehead atoms. The molecule has 0 aliphatic rings. The molecular formula is C8H16F3O2PS. The minimum atomic E-state index is -4.44. The summed E-state index contributed by atoms with van der Waals surface area (Å²) < 4.78 is 39.9. The summed E-state index contributed by atoms with van der Waals surface area (Å²) in [4.78, 5) is 9.55. The van der Waals surface area contributed by atoms with Crippen LogP contribution >= 0.6 is 6.49 Å². The van der Waals surface area contributed by atoms with Crippen molar-refractivity contribution in [3.8, 4) is 0 Å². The lowest BCUT2D eigenvalue weighted by Crippen LogP contribution is -2.20. The molecule has 0 aromatic carbocycles. The van der Waals surface area contributed by atoms with E-state index in [1.807, 2.05) is 20.8 Å². The van der Waals surface area contributed by atoms with Gasteiger partial charge in [-0.3, -0.25) is 0 Å². The molecule has 1 unspecified atom stereocenters. The van der Waals surface area contributed by atoms with Crippen molar-refractivity contribution in [2.75, 3.05) is 12.8 Å². The molecule has 1 atom stereocenters. The molecule has 0 amide bonds. The summed E-state index contributed by atoms with van der Waals surface area (Å²) in [5.41, 5.74) is -0.296. The Hall–Kier alpha value is 0.360. The summed E-state index contributed by atoms with van der Waals surface area (Å²) >= 11 is 4.67. The van der Waals surface area contributed by atoms with E-state index in [0.29, 0.717) is 0 Å². The SMILES string of the molecule is CCC(C)(C)CP(O)(=S)OCC(F)(F)F. The summed E-state index contributed by atoms with van der Waals surface area (Å²) in [6, 6.07) is 0. The Morgan fingerprint density at radius 2 is 1.80 bits per heavy atom. The predicted octanol–water partition coefficient (Wildman–Crippen LogP) is 3.30. The van der Waals surface area contributed by atoms with Gasteiger partial charge in [0.2, 0.25) is 0 Å². The molecule has 1 N–H and O–H groups in total. The van der Waals surface area contributed by atoms with Crippen molar-refractivity contribution >= 4 is 18.3 Å². The smallest absolute Gasteiger partial charge is 0.345 e. The van der Waals surface area contributed by atoms with E-state index in [-0.39, 0.29) is 11.6 Å². The second-order valence-corrected chi connectivity index (χ2v) is 7.76. The third kappa shape index (κ3) is 8.20. The van der Waals surface area contributed by atoms with Crippen LogP contribution in [0.5, 0.6) is 0 Å². The molecule has 0 saturated carbocycles. The van der Waals surface area contributed by atoms with Crippen molar-refractivity contribution < 1.29 is 22.6 Å². The number of hydrogen-bond donors (Lipinski definition) is 1. The molecule has 0 aliphatic heterocycles. The molecule has 0 heterocycles. The first-order valence-corrected chi connectivity index (χ1v) is 7.36. The van der Waals surface area contributed by atoms with Crippen molar-refractivity contribution in [2.45, 2.75) is 33.4 Å². The van der Waals surface area contributed by atoms with Gasteiger partial charge in [-0.1, -0.05) is 27.2 Å². The zero-order valence-corrected chi connectivity index (χ0v) is 10.7. The van der Waals surface area contributed by atoms with Crippen LogP contribution in [0.2, 0.25) is 0 Å². The molecule has 0 fully saturated rings. The van der Waals surface area contributed by atoms with E-state index >= 15 is 0 Å². The lowest BCUT2D eigenvalue weighted by atomic mass is 9.93. The van der Waals surface area contributed by atoms with Crippen molar-refractivity contribution in [1.82, 2.24) is 0 Å². The van der Waals surface area contributed by atoms with Crippen molar-refractivity contribution in [2.24, 2.45) is 5.41 Å². The summed E-state index contributed by atoms with van der Waals surface area (Å²) in [6.45, 7) is 0.772. The van der Waals surface area contributed by atoms with Gasteiger partial charge in [0.15, 0.2) is 6.49 Å². The van der Waals surface area contributed by atoms with Gasteiger partial charge in [0.25, 0.3) is 0 Å². The minimum absolute atomic E-state index is 0.0991. The van der Waals surface area contributed by atoms with E-state index in [2.05, 4.69) is 16.3 Å². The maximum absolute atomic E-state index is 11.8. The van der Waals surface area contributed by atoms with Crippen LogP contribution in [0.4, 0.5) is 13.2 Å². The molecular weight excluding hydrogens is 248 g/mol. The molecule has 0 radical (unpaired) electrons. The second-order valence-electron chi connectivity index (χ2n) is 4.20. The van der Waals surface area contributed by atoms with Crippen molar-refractivity contribution in [3.05, 3.63) is 0 Å². The molecule has 2 nitrogen and oxygen atoms in total. The molecule has 0 saturated heterocycles. The highest BCUT2D eigenvalue weighted by atomic mass is 32.5. The Bertz CT molecular complexity index is 253. The highest BCUT2D eigenvalue weighted by Crippen LogP contribution is 2.49. The molecule has 0 spiro atoms. The van der Waals surface area contributed by atoms with Gasteiger partial charge in [0, 0.05) is 6.16 Å². The Morgan fingerprint density at radius 3 is 2.13 bits per heavy atom. The van der Waals surface area contributed by atoms with Gasteiger partial charge >= 0.3 is 6.18 Å². The average molecular weight is 264 g/mol. The van der Waals surface area contributed by atoms with Gasteiger partial charge in [0.1, 0.15) is 6.61 Å². The molecule has 0 rings (SSSR count). The fourth-order valence-electron chi connectivity index (χ4n) is 0.872. The van der Waals surface area contributed by atoms with Crippen LogP contribution in [0.1, 0.15) is 27.2 Å². The lowest BCUT2D eigenvalue weighted by Gasteiger charge is -2.27. The lowest BCUT2D eigenvalue weighted by molar-refractivity contribution is -0.153. The molecule has 7 heteroatoms. The third-order valence-corrected chi connectivity index (χ3v) is 4.51. The zero-order valence-electron chi connectivity index (χ0n) is 8.97. The highest BCUT2D eigenvalue weighted by Gasteiger charge is 2.33. The Balaban J connectivity index is 4.27. The highest BCUT2D eigenvalue weighted by molar-refractivity contribution is 8.09. The first-order chi connectivity index (χ1) is 6.47. The fourth-order valence-corrected chi connectivity index (χ4v) is 3.82. The van der Waals surface area contributed by atoms with Gasteiger partial charge in [-0.2, -0.15) is 13.2 Å². The second kappa shape index (κ2) is 5.13. The first-order valence-electron chi connectivity index (χ1n) is 4.50. The standard InChI is InChI=1S/C8H16F3O2PS/c1-4-7(2,3)6-14(12,15)13-5-8(9,10)11/h4-6H2,1-3H3,(H,12,15). The van der Waals surface area contributed by atoms with Gasteiger partial charge in [-0.25, -0.2) is 0 Å². The largest absolute Gasteiger partial charge is 0.412 e. The van der Waals surface area contributed by atoms with Crippen LogP contribution in [0.25, 0.3) is 0 Å².